The predicted molar refractivity (Wildman–Crippen MR) is 141 cm³/mol. The number of benzene rings is 3. The monoisotopic (exact) mass is 475 g/mol. The quantitative estimate of drug-likeness (QED) is 0.437. The van der Waals surface area contributed by atoms with Crippen LogP contribution >= 0.6 is 23.4 Å². The predicted octanol–water partition coefficient (Wildman–Crippen LogP) is 6.87. The molecule has 3 aromatic carbocycles. The Hall–Kier alpha value is -2.89. The van der Waals surface area contributed by atoms with E-state index in [1.54, 1.807) is 0 Å². The number of halogens is 1. The third-order valence-electron chi connectivity index (χ3n) is 5.57. The Morgan fingerprint density at radius 2 is 1.58 bits per heavy atom. The first kappa shape index (κ1) is 23.3. The van der Waals surface area contributed by atoms with E-state index in [0.717, 1.165) is 33.3 Å². The molecule has 6 heteroatoms. The number of hydrogen-bond acceptors (Lipinski definition) is 4. The molecule has 0 bridgehead atoms. The van der Waals surface area contributed by atoms with Crippen molar-refractivity contribution in [2.24, 2.45) is 9.98 Å². The molecule has 1 aliphatic heterocycles. The van der Waals surface area contributed by atoms with Gasteiger partial charge in [0.05, 0.1) is 27.9 Å². The maximum atomic E-state index is 12.5. The number of carbonyl (C=O) groups is 1. The lowest BCUT2D eigenvalue weighted by molar-refractivity contribution is -0.118. The van der Waals surface area contributed by atoms with Crippen LogP contribution in [0, 0.1) is 20.8 Å². The van der Waals surface area contributed by atoms with Crippen LogP contribution in [-0.4, -0.2) is 22.4 Å². The van der Waals surface area contributed by atoms with Gasteiger partial charge in [-0.3, -0.25) is 9.79 Å². The number of hydrogen-bond donors (Lipinski definition) is 1. The van der Waals surface area contributed by atoms with E-state index in [0.29, 0.717) is 23.7 Å². The number of carbonyl (C=O) groups excluding carboxylic acids is 1. The first-order valence-corrected chi connectivity index (χ1v) is 12.2. The Morgan fingerprint density at radius 3 is 2.24 bits per heavy atom. The summed E-state index contributed by atoms with van der Waals surface area (Å²) in [7, 11) is 0. The highest BCUT2D eigenvalue weighted by Crippen LogP contribution is 2.36. The van der Waals surface area contributed by atoms with Gasteiger partial charge >= 0.3 is 0 Å². The van der Waals surface area contributed by atoms with Crippen molar-refractivity contribution in [3.05, 3.63) is 93.5 Å². The second-order valence-corrected chi connectivity index (χ2v) is 9.71. The van der Waals surface area contributed by atoms with Crippen molar-refractivity contribution in [1.29, 1.82) is 0 Å². The number of rotatable bonds is 5. The number of aryl methyl sites for hydroxylation is 3. The molecule has 1 N–H and O–H groups in total. The maximum Gasteiger partial charge on any atom is 0.230 e. The summed E-state index contributed by atoms with van der Waals surface area (Å²) in [5, 5.41) is 4.56. The van der Waals surface area contributed by atoms with Gasteiger partial charge in [0.15, 0.2) is 0 Å². The first-order valence-electron chi connectivity index (χ1n) is 10.8. The summed E-state index contributed by atoms with van der Waals surface area (Å²) in [5.74, 6) is 0.288. The van der Waals surface area contributed by atoms with E-state index in [1.165, 1.54) is 28.5 Å². The minimum atomic E-state index is -0.0159. The maximum absolute atomic E-state index is 12.5. The molecule has 0 saturated carbocycles. The van der Waals surface area contributed by atoms with E-state index < -0.39 is 0 Å². The molecular weight excluding hydrogens is 450 g/mol. The smallest absolute Gasteiger partial charge is 0.230 e. The Kier molecular flexibility index (Phi) is 7.31. The zero-order chi connectivity index (χ0) is 23.4. The van der Waals surface area contributed by atoms with E-state index in [-0.39, 0.29) is 5.91 Å². The van der Waals surface area contributed by atoms with Gasteiger partial charge < -0.3 is 5.32 Å². The Labute approximate surface area is 204 Å². The van der Waals surface area contributed by atoms with Crippen LogP contribution in [0.15, 0.2) is 70.6 Å². The standard InChI is InChI=1S/C27H26ClN3OS/c1-17-4-6-20(7-5-17)15-29-26(32)16-33-27-14-23(21-8-10-22(28)11-9-21)30-24-12-18(2)19(3)13-25(24)31-27/h4-13H,14-16H2,1-3H3,(H,29,32). The van der Waals surface area contributed by atoms with Gasteiger partial charge in [-0.2, -0.15) is 0 Å². The SMILES string of the molecule is Cc1ccc(CNC(=O)CSC2=Nc3cc(C)c(C)cc3N=C(c3ccc(Cl)cc3)C2)cc1. The van der Waals surface area contributed by atoms with Crippen LogP contribution in [0.3, 0.4) is 0 Å². The molecule has 1 aliphatic rings. The van der Waals surface area contributed by atoms with Crippen molar-refractivity contribution < 1.29 is 4.79 Å². The van der Waals surface area contributed by atoms with Gasteiger partial charge in [0.1, 0.15) is 0 Å². The van der Waals surface area contributed by atoms with Crippen LogP contribution in [0.5, 0.6) is 0 Å². The largest absolute Gasteiger partial charge is 0.351 e. The second kappa shape index (κ2) is 10.4. The molecule has 0 aromatic heterocycles. The number of aliphatic imine (C=N–C) groups is 2. The molecule has 0 fully saturated rings. The molecule has 168 valence electrons. The van der Waals surface area contributed by atoms with Crippen molar-refractivity contribution >= 4 is 51.4 Å². The number of nitrogens with one attached hydrogen (secondary N) is 1. The van der Waals surface area contributed by atoms with Crippen LogP contribution in [0.1, 0.15) is 34.2 Å². The number of nitrogens with zero attached hydrogens (tertiary/aromatic N) is 2. The second-order valence-electron chi connectivity index (χ2n) is 8.22. The average molecular weight is 476 g/mol. The van der Waals surface area contributed by atoms with Crippen LogP contribution in [0.25, 0.3) is 0 Å². The molecule has 4 rings (SSSR count). The normalized spacial score (nSPS) is 13.0. The Morgan fingerprint density at radius 1 is 0.939 bits per heavy atom. The van der Waals surface area contributed by atoms with Crippen molar-refractivity contribution in [3.8, 4) is 0 Å². The molecular formula is C27H26ClN3OS. The third kappa shape index (κ3) is 6.12. The fourth-order valence-corrected chi connectivity index (χ4v) is 4.39. The van der Waals surface area contributed by atoms with Gasteiger partial charge in [0, 0.05) is 18.0 Å². The highest BCUT2D eigenvalue weighted by Gasteiger charge is 2.17. The van der Waals surface area contributed by atoms with E-state index >= 15 is 0 Å². The Balaban J connectivity index is 1.51. The van der Waals surface area contributed by atoms with E-state index in [9.17, 15) is 4.79 Å². The summed E-state index contributed by atoms with van der Waals surface area (Å²) in [4.78, 5) is 22.4. The molecule has 0 radical (unpaired) electrons. The fourth-order valence-electron chi connectivity index (χ4n) is 3.47. The van der Waals surface area contributed by atoms with Gasteiger partial charge in [-0.05, 0) is 67.3 Å². The van der Waals surface area contributed by atoms with E-state index in [4.69, 9.17) is 21.6 Å². The molecule has 0 unspecified atom stereocenters. The zero-order valence-corrected chi connectivity index (χ0v) is 20.6. The number of fused-ring (bicyclic) bond motifs is 1. The van der Waals surface area contributed by atoms with E-state index in [1.807, 2.05) is 36.4 Å². The molecule has 0 spiro atoms. The highest BCUT2D eigenvalue weighted by atomic mass is 35.5. The minimum absolute atomic E-state index is 0.0159. The summed E-state index contributed by atoms with van der Waals surface area (Å²) in [5.41, 5.74) is 8.24. The van der Waals surface area contributed by atoms with Crippen molar-refractivity contribution in [2.75, 3.05) is 5.75 Å². The first-order chi connectivity index (χ1) is 15.9. The fraction of sp³-hybridized carbons (Fsp3) is 0.222. The van der Waals surface area contributed by atoms with Crippen molar-refractivity contribution in [1.82, 2.24) is 5.32 Å². The Bertz CT molecular complexity index is 1230. The molecule has 4 nitrogen and oxygen atoms in total. The molecule has 0 saturated heterocycles. The zero-order valence-electron chi connectivity index (χ0n) is 19.0. The molecule has 1 amide bonds. The number of thioether (sulfide) groups is 1. The lowest BCUT2D eigenvalue weighted by Crippen LogP contribution is -2.25. The van der Waals surface area contributed by atoms with Crippen molar-refractivity contribution in [3.63, 3.8) is 0 Å². The minimum Gasteiger partial charge on any atom is -0.351 e. The summed E-state index contributed by atoms with van der Waals surface area (Å²) in [6, 6.07) is 20.0. The summed E-state index contributed by atoms with van der Waals surface area (Å²) in [6.45, 7) is 6.72. The van der Waals surface area contributed by atoms with Gasteiger partial charge in [-0.1, -0.05) is 53.6 Å². The van der Waals surface area contributed by atoms with Crippen LogP contribution in [0.4, 0.5) is 11.4 Å². The number of amides is 1. The lowest BCUT2D eigenvalue weighted by Gasteiger charge is -2.09. The lowest BCUT2D eigenvalue weighted by atomic mass is 10.1. The third-order valence-corrected chi connectivity index (χ3v) is 6.80. The van der Waals surface area contributed by atoms with Gasteiger partial charge in [0.2, 0.25) is 5.91 Å². The summed E-state index contributed by atoms with van der Waals surface area (Å²) >= 11 is 7.55. The van der Waals surface area contributed by atoms with Crippen LogP contribution in [0.2, 0.25) is 5.02 Å². The average Bonchev–Trinajstić information content (AvgIpc) is 2.97. The van der Waals surface area contributed by atoms with Gasteiger partial charge in [-0.25, -0.2) is 4.99 Å². The van der Waals surface area contributed by atoms with Crippen LogP contribution < -0.4 is 5.32 Å². The van der Waals surface area contributed by atoms with Crippen LogP contribution in [-0.2, 0) is 11.3 Å². The topological polar surface area (TPSA) is 53.8 Å². The highest BCUT2D eigenvalue weighted by molar-refractivity contribution is 8.14. The molecule has 0 aliphatic carbocycles. The summed E-state index contributed by atoms with van der Waals surface area (Å²) < 4.78 is 0. The van der Waals surface area contributed by atoms with Crippen molar-refractivity contribution in [2.45, 2.75) is 33.7 Å². The van der Waals surface area contributed by atoms with Gasteiger partial charge in [0.25, 0.3) is 0 Å². The molecule has 1 heterocycles. The molecule has 33 heavy (non-hydrogen) atoms. The summed E-state index contributed by atoms with van der Waals surface area (Å²) in [6.07, 6.45) is 0.560. The van der Waals surface area contributed by atoms with E-state index in [2.05, 4.69) is 50.4 Å². The van der Waals surface area contributed by atoms with Gasteiger partial charge in [-0.15, -0.1) is 11.8 Å². The molecule has 0 atom stereocenters. The molecule has 3 aromatic rings.